The van der Waals surface area contributed by atoms with Crippen LogP contribution >= 0.6 is 36.6 Å². The Kier molecular flexibility index (Phi) is 12.5. The number of esters is 1. The standard InChI is InChI=1S/C26H27N5O6S.2ClH/c1-36-25(34)21(30-23(32)20(27)12-17-13-28-14-29-17)10-15-2-6-18(7-3-15)37-19-8-4-16(5-9-19)11-22-24(33)31-26(35)38-22;;/h2-9,13-14,20-22H,10-12,27H2,1H3,(H,28,29)(H,30,32)(H,31,33,35);2*1H. The molecule has 11 nitrogen and oxygen atoms in total. The number of rotatable bonds is 11. The van der Waals surface area contributed by atoms with Crippen molar-refractivity contribution in [3.05, 3.63) is 77.9 Å². The van der Waals surface area contributed by atoms with Gasteiger partial charge in [0.2, 0.25) is 11.8 Å². The third-order valence-corrected chi connectivity index (χ3v) is 6.81. The molecule has 0 spiro atoms. The molecule has 0 bridgehead atoms. The second-order valence-corrected chi connectivity index (χ2v) is 9.81. The van der Waals surface area contributed by atoms with Crippen LogP contribution in [0, 0.1) is 0 Å². The molecule has 0 radical (unpaired) electrons. The molecule has 0 saturated carbocycles. The molecule has 14 heteroatoms. The van der Waals surface area contributed by atoms with Crippen LogP contribution in [0.15, 0.2) is 61.1 Å². The Labute approximate surface area is 247 Å². The fraction of sp³-hybridized carbons (Fsp3) is 0.269. The summed E-state index contributed by atoms with van der Waals surface area (Å²) in [7, 11) is 1.26. The van der Waals surface area contributed by atoms with Gasteiger partial charge in [-0.1, -0.05) is 36.0 Å². The van der Waals surface area contributed by atoms with Crippen LogP contribution in [0.4, 0.5) is 4.79 Å². The monoisotopic (exact) mass is 609 g/mol. The number of hydrogen-bond acceptors (Lipinski definition) is 9. The Morgan fingerprint density at radius 3 is 2.17 bits per heavy atom. The highest BCUT2D eigenvalue weighted by atomic mass is 35.5. The number of amides is 3. The number of benzene rings is 2. The van der Waals surface area contributed by atoms with E-state index in [1.54, 1.807) is 42.6 Å². The van der Waals surface area contributed by atoms with Crippen molar-refractivity contribution in [3.63, 3.8) is 0 Å². The lowest BCUT2D eigenvalue weighted by atomic mass is 10.0. The van der Waals surface area contributed by atoms with E-state index in [1.807, 2.05) is 12.1 Å². The predicted molar refractivity (Wildman–Crippen MR) is 154 cm³/mol. The molecule has 3 amide bonds. The highest BCUT2D eigenvalue weighted by Crippen LogP contribution is 2.26. The number of carbonyl (C=O) groups excluding carboxylic acids is 4. The van der Waals surface area contributed by atoms with Crippen molar-refractivity contribution in [2.45, 2.75) is 36.6 Å². The Balaban J connectivity index is 0.00000280. The SMILES string of the molecule is COC(=O)C(Cc1ccc(Oc2ccc(CC3SC(=O)NC3=O)cc2)cc1)NC(=O)C(N)Cc1c[nH]cn1.Cl.Cl. The third kappa shape index (κ3) is 8.98. The number of methoxy groups -OCH3 is 1. The second kappa shape index (κ2) is 15.3. The summed E-state index contributed by atoms with van der Waals surface area (Å²) in [6, 6.07) is 12.6. The molecule has 40 heavy (non-hydrogen) atoms. The Morgan fingerprint density at radius 2 is 1.65 bits per heavy atom. The lowest BCUT2D eigenvalue weighted by Crippen LogP contribution is -2.50. The normalized spacial score (nSPS) is 15.6. The third-order valence-electron chi connectivity index (χ3n) is 5.83. The van der Waals surface area contributed by atoms with Crippen LogP contribution in [-0.2, 0) is 38.4 Å². The molecule has 1 saturated heterocycles. The molecule has 1 aliphatic rings. The summed E-state index contributed by atoms with van der Waals surface area (Å²) in [5, 5.41) is 4.20. The van der Waals surface area contributed by atoms with Crippen molar-refractivity contribution in [1.29, 1.82) is 0 Å². The van der Waals surface area contributed by atoms with E-state index in [2.05, 4.69) is 20.6 Å². The molecule has 3 aromatic rings. The van der Waals surface area contributed by atoms with Crippen LogP contribution in [0.3, 0.4) is 0 Å². The molecule has 1 aromatic heterocycles. The van der Waals surface area contributed by atoms with Crippen molar-refractivity contribution in [2.75, 3.05) is 7.11 Å². The molecule has 4 rings (SSSR count). The maximum absolute atomic E-state index is 12.6. The molecule has 5 N–H and O–H groups in total. The number of nitrogens with two attached hydrogens (primary N) is 1. The number of hydrogen-bond donors (Lipinski definition) is 4. The van der Waals surface area contributed by atoms with Crippen molar-refractivity contribution >= 4 is 59.6 Å². The van der Waals surface area contributed by atoms with Gasteiger partial charge in [-0.2, -0.15) is 0 Å². The fourth-order valence-electron chi connectivity index (χ4n) is 3.84. The van der Waals surface area contributed by atoms with E-state index in [4.69, 9.17) is 15.2 Å². The number of halogens is 2. The predicted octanol–water partition coefficient (Wildman–Crippen LogP) is 2.71. The maximum Gasteiger partial charge on any atom is 0.328 e. The molecule has 2 heterocycles. The molecule has 214 valence electrons. The molecule has 2 aromatic carbocycles. The minimum absolute atomic E-state index is 0. The number of aromatic nitrogens is 2. The number of thioether (sulfide) groups is 1. The van der Waals surface area contributed by atoms with Gasteiger partial charge in [0.05, 0.1) is 30.4 Å². The minimum atomic E-state index is -0.910. The topological polar surface area (TPSA) is 166 Å². The van der Waals surface area contributed by atoms with E-state index in [1.165, 1.54) is 13.4 Å². The highest BCUT2D eigenvalue weighted by molar-refractivity contribution is 8.15. The second-order valence-electron chi connectivity index (χ2n) is 8.64. The number of nitrogens with one attached hydrogen (secondary N) is 3. The molecular formula is C26H29Cl2N5O6S. The lowest BCUT2D eigenvalue weighted by Gasteiger charge is -2.19. The molecule has 3 atom stereocenters. The zero-order valence-corrected chi connectivity index (χ0v) is 23.8. The first-order chi connectivity index (χ1) is 18.3. The van der Waals surface area contributed by atoms with Crippen LogP contribution in [-0.4, -0.2) is 57.4 Å². The number of aromatic amines is 1. The Bertz CT molecular complexity index is 1290. The first-order valence-corrected chi connectivity index (χ1v) is 12.7. The maximum atomic E-state index is 12.6. The van der Waals surface area contributed by atoms with E-state index < -0.39 is 29.2 Å². The molecule has 3 unspecified atom stereocenters. The van der Waals surface area contributed by atoms with Gasteiger partial charge in [-0.05, 0) is 41.8 Å². The van der Waals surface area contributed by atoms with E-state index in [-0.39, 0.29) is 48.8 Å². The van der Waals surface area contributed by atoms with E-state index in [9.17, 15) is 19.2 Å². The minimum Gasteiger partial charge on any atom is -0.467 e. The zero-order valence-electron chi connectivity index (χ0n) is 21.3. The van der Waals surface area contributed by atoms with Crippen LogP contribution < -0.4 is 21.1 Å². The van der Waals surface area contributed by atoms with E-state index >= 15 is 0 Å². The van der Waals surface area contributed by atoms with Gasteiger partial charge in [0.1, 0.15) is 17.5 Å². The van der Waals surface area contributed by atoms with Gasteiger partial charge in [-0.25, -0.2) is 9.78 Å². The van der Waals surface area contributed by atoms with Crippen molar-refractivity contribution in [2.24, 2.45) is 5.73 Å². The first-order valence-electron chi connectivity index (χ1n) is 11.8. The van der Waals surface area contributed by atoms with Gasteiger partial charge in [0.25, 0.3) is 5.24 Å². The molecular weight excluding hydrogens is 581 g/mol. The first kappa shape index (κ1) is 32.6. The summed E-state index contributed by atoms with van der Waals surface area (Å²) in [6.45, 7) is 0. The number of carbonyl (C=O) groups is 4. The summed E-state index contributed by atoms with van der Waals surface area (Å²) in [4.78, 5) is 54.8. The average Bonchev–Trinajstić information content (AvgIpc) is 3.53. The summed E-state index contributed by atoms with van der Waals surface area (Å²) < 4.78 is 10.8. The summed E-state index contributed by atoms with van der Waals surface area (Å²) in [6.07, 6.45) is 4.04. The number of imide groups is 1. The van der Waals surface area contributed by atoms with Gasteiger partial charge in [-0.15, -0.1) is 24.8 Å². The molecule has 0 aliphatic carbocycles. The van der Waals surface area contributed by atoms with Gasteiger partial charge < -0.3 is 25.5 Å². The van der Waals surface area contributed by atoms with Gasteiger partial charge in [0, 0.05) is 19.0 Å². The van der Waals surface area contributed by atoms with Gasteiger partial charge >= 0.3 is 5.97 Å². The summed E-state index contributed by atoms with van der Waals surface area (Å²) in [5.74, 6) is -0.149. The lowest BCUT2D eigenvalue weighted by molar-refractivity contribution is -0.145. The molecule has 1 fully saturated rings. The summed E-state index contributed by atoms with van der Waals surface area (Å²) in [5.41, 5.74) is 8.32. The van der Waals surface area contributed by atoms with Crippen molar-refractivity contribution in [3.8, 4) is 11.5 Å². The largest absolute Gasteiger partial charge is 0.467 e. The average molecular weight is 611 g/mol. The van der Waals surface area contributed by atoms with Crippen LogP contribution in [0.2, 0.25) is 0 Å². The number of imidazole rings is 1. The smallest absolute Gasteiger partial charge is 0.328 e. The molecule has 1 aliphatic heterocycles. The van der Waals surface area contributed by atoms with Crippen molar-refractivity contribution < 1.29 is 28.7 Å². The number of nitrogens with zero attached hydrogens (tertiary/aromatic N) is 1. The number of H-pyrrole nitrogens is 1. The van der Waals surface area contributed by atoms with Crippen molar-refractivity contribution in [1.82, 2.24) is 20.6 Å². The number of ether oxygens (including phenoxy) is 2. The fourth-order valence-corrected chi connectivity index (χ4v) is 4.70. The van der Waals surface area contributed by atoms with E-state index in [0.717, 1.165) is 22.9 Å². The Hall–Kier alpha value is -3.58. The highest BCUT2D eigenvalue weighted by Gasteiger charge is 2.31. The quantitative estimate of drug-likeness (QED) is 0.239. The Morgan fingerprint density at radius 1 is 1.02 bits per heavy atom. The summed E-state index contributed by atoms with van der Waals surface area (Å²) >= 11 is 0.996. The van der Waals surface area contributed by atoms with Crippen LogP contribution in [0.5, 0.6) is 11.5 Å². The zero-order chi connectivity index (χ0) is 27.1. The van der Waals surface area contributed by atoms with Crippen LogP contribution in [0.1, 0.15) is 16.8 Å². The van der Waals surface area contributed by atoms with E-state index in [0.29, 0.717) is 23.6 Å². The van der Waals surface area contributed by atoms with Gasteiger partial charge in [0.15, 0.2) is 0 Å². The van der Waals surface area contributed by atoms with Crippen LogP contribution in [0.25, 0.3) is 0 Å². The van der Waals surface area contributed by atoms with Gasteiger partial charge in [-0.3, -0.25) is 19.7 Å².